The van der Waals surface area contributed by atoms with Gasteiger partial charge in [0.1, 0.15) is 0 Å². The third-order valence-electron chi connectivity index (χ3n) is 1.73. The van der Waals surface area contributed by atoms with Crippen LogP contribution in [0.25, 0.3) is 0 Å². The predicted octanol–water partition coefficient (Wildman–Crippen LogP) is 1.43. The lowest BCUT2D eigenvalue weighted by atomic mass is 10.4. The normalized spacial score (nSPS) is 17.6. The molecule has 1 heterocycles. The minimum Gasteiger partial charge on any atom is -0.383 e. The molecule has 0 N–H and O–H groups in total. The van der Waals surface area contributed by atoms with E-state index < -0.39 is 0 Å². The summed E-state index contributed by atoms with van der Waals surface area (Å²) in [5.74, 6) is 0. The summed E-state index contributed by atoms with van der Waals surface area (Å²) in [7, 11) is 0.807. The first kappa shape index (κ1) is 8.65. The lowest BCUT2D eigenvalue weighted by molar-refractivity contribution is 0.442. The molecule has 2 nitrogen and oxygen atoms in total. The molecule has 2 radical (unpaired) electrons. The lowest BCUT2D eigenvalue weighted by Crippen LogP contribution is -2.37. The lowest BCUT2D eigenvalue weighted by Gasteiger charge is -2.24. The van der Waals surface area contributed by atoms with Gasteiger partial charge in [-0.1, -0.05) is 0 Å². The van der Waals surface area contributed by atoms with Gasteiger partial charge in [-0.25, -0.2) is 0 Å². The molecule has 0 aromatic carbocycles. The van der Waals surface area contributed by atoms with Gasteiger partial charge in [0, 0.05) is 24.5 Å². The van der Waals surface area contributed by atoms with E-state index in [0.29, 0.717) is 12.1 Å². The summed E-state index contributed by atoms with van der Waals surface area (Å²) >= 11 is 0. The highest BCUT2D eigenvalue weighted by atomic mass is 28.2. The number of hydrogen-bond acceptors (Lipinski definition) is 2. The number of hydrogen-bond donors (Lipinski definition) is 0. The summed E-state index contributed by atoms with van der Waals surface area (Å²) in [6.45, 7) is 8.89. The van der Waals surface area contributed by atoms with Crippen molar-refractivity contribution in [2.45, 2.75) is 39.8 Å². The Morgan fingerprint density at radius 2 is 1.27 bits per heavy atom. The molecular weight excluding hydrogens is 152 g/mol. The molecule has 3 heteroatoms. The predicted molar refractivity (Wildman–Crippen MR) is 48.8 cm³/mol. The summed E-state index contributed by atoms with van der Waals surface area (Å²) in [6, 6.07) is 1.27. The first-order valence-corrected chi connectivity index (χ1v) is 5.02. The van der Waals surface area contributed by atoms with Crippen molar-refractivity contribution in [3.05, 3.63) is 12.4 Å². The topological polar surface area (TPSA) is 6.48 Å². The maximum atomic E-state index is 2.36. The maximum Gasteiger partial charge on any atom is 0.332 e. The van der Waals surface area contributed by atoms with E-state index in [9.17, 15) is 0 Å². The van der Waals surface area contributed by atoms with Crippen molar-refractivity contribution in [3.63, 3.8) is 0 Å². The molecule has 0 unspecified atom stereocenters. The Morgan fingerprint density at radius 3 is 1.45 bits per heavy atom. The van der Waals surface area contributed by atoms with E-state index in [1.807, 2.05) is 0 Å². The molecule has 1 rings (SSSR count). The van der Waals surface area contributed by atoms with Crippen molar-refractivity contribution in [2.24, 2.45) is 0 Å². The molecule has 0 atom stereocenters. The van der Waals surface area contributed by atoms with Gasteiger partial charge < -0.3 is 9.13 Å². The average Bonchev–Trinajstić information content (AvgIpc) is 2.33. The Labute approximate surface area is 71.9 Å². The molecule has 1 aliphatic rings. The molecule has 0 aromatic heterocycles. The van der Waals surface area contributed by atoms with Crippen LogP contribution in [0.2, 0.25) is 0 Å². The van der Waals surface area contributed by atoms with Gasteiger partial charge in [-0.05, 0) is 27.7 Å². The highest BCUT2D eigenvalue weighted by molar-refractivity contribution is 6.30. The van der Waals surface area contributed by atoms with Crippen LogP contribution >= 0.6 is 0 Å². The van der Waals surface area contributed by atoms with Gasteiger partial charge in [-0.15, -0.1) is 0 Å². The molecule has 62 valence electrons. The van der Waals surface area contributed by atoms with Gasteiger partial charge >= 0.3 is 9.84 Å². The van der Waals surface area contributed by atoms with Crippen LogP contribution in [-0.2, 0) is 0 Å². The largest absolute Gasteiger partial charge is 0.383 e. The van der Waals surface area contributed by atoms with Crippen LogP contribution in [-0.4, -0.2) is 31.1 Å². The van der Waals surface area contributed by atoms with Gasteiger partial charge in [0.2, 0.25) is 0 Å². The third-order valence-corrected chi connectivity index (χ3v) is 3.52. The first-order chi connectivity index (χ1) is 5.11. The minimum absolute atomic E-state index is 0.633. The van der Waals surface area contributed by atoms with Crippen LogP contribution in [0.3, 0.4) is 0 Å². The van der Waals surface area contributed by atoms with Gasteiger partial charge in [0.05, 0.1) is 0 Å². The second kappa shape index (κ2) is 3.30. The van der Waals surface area contributed by atoms with Crippen LogP contribution in [0.15, 0.2) is 12.4 Å². The smallest absolute Gasteiger partial charge is 0.332 e. The molecule has 0 fully saturated rings. The summed E-state index contributed by atoms with van der Waals surface area (Å²) in [6.07, 6.45) is 4.37. The molecule has 0 aromatic rings. The Bertz CT molecular complexity index is 138. The second-order valence-electron chi connectivity index (χ2n) is 3.40. The van der Waals surface area contributed by atoms with Gasteiger partial charge in [0.25, 0.3) is 0 Å². The second-order valence-corrected chi connectivity index (χ2v) is 4.63. The molecule has 0 saturated carbocycles. The molecule has 0 spiro atoms. The molecule has 0 saturated heterocycles. The SMILES string of the molecule is CC(C)N1C=CN(C(C)C)[Si]1. The Balaban J connectivity index is 2.43. The average molecular weight is 168 g/mol. The quantitative estimate of drug-likeness (QED) is 0.576. The van der Waals surface area contributed by atoms with Crippen molar-refractivity contribution in [1.82, 2.24) is 9.13 Å². The van der Waals surface area contributed by atoms with E-state index in [1.54, 1.807) is 0 Å². The van der Waals surface area contributed by atoms with Crippen LogP contribution < -0.4 is 0 Å². The van der Waals surface area contributed by atoms with Crippen molar-refractivity contribution in [2.75, 3.05) is 0 Å². The van der Waals surface area contributed by atoms with E-state index in [-0.39, 0.29) is 0 Å². The molecule has 11 heavy (non-hydrogen) atoms. The van der Waals surface area contributed by atoms with E-state index >= 15 is 0 Å². The summed E-state index contributed by atoms with van der Waals surface area (Å²) in [5, 5.41) is 0. The first-order valence-electron chi connectivity index (χ1n) is 4.12. The van der Waals surface area contributed by atoms with Crippen molar-refractivity contribution >= 4 is 9.84 Å². The summed E-state index contributed by atoms with van der Waals surface area (Å²) < 4.78 is 4.72. The van der Waals surface area contributed by atoms with Crippen LogP contribution in [0.4, 0.5) is 0 Å². The van der Waals surface area contributed by atoms with Crippen molar-refractivity contribution < 1.29 is 0 Å². The Kier molecular flexibility index (Phi) is 2.60. The molecular formula is C8H16N2Si. The standard InChI is InChI=1S/C8H16N2Si/c1-7(2)9-5-6-10(11-9)8(3)4/h5-8H,1-4H3. The molecule has 1 aliphatic heterocycles. The highest BCUT2D eigenvalue weighted by Gasteiger charge is 2.18. The van der Waals surface area contributed by atoms with Crippen molar-refractivity contribution in [1.29, 1.82) is 0 Å². The van der Waals surface area contributed by atoms with E-state index in [4.69, 9.17) is 0 Å². The van der Waals surface area contributed by atoms with E-state index in [2.05, 4.69) is 49.2 Å². The molecule has 0 amide bonds. The molecule has 0 bridgehead atoms. The zero-order valence-electron chi connectivity index (χ0n) is 7.70. The summed E-state index contributed by atoms with van der Waals surface area (Å²) in [5.41, 5.74) is 0. The number of nitrogens with zero attached hydrogens (tertiary/aromatic N) is 2. The highest BCUT2D eigenvalue weighted by Crippen LogP contribution is 2.10. The van der Waals surface area contributed by atoms with Gasteiger partial charge in [-0.3, -0.25) is 0 Å². The number of rotatable bonds is 2. The maximum absolute atomic E-state index is 2.36. The fourth-order valence-electron chi connectivity index (χ4n) is 0.919. The fraction of sp³-hybridized carbons (Fsp3) is 0.750. The fourth-order valence-corrected chi connectivity index (χ4v) is 1.91. The third kappa shape index (κ3) is 1.99. The minimum atomic E-state index is 0.633. The van der Waals surface area contributed by atoms with Crippen LogP contribution in [0, 0.1) is 0 Å². The zero-order valence-corrected chi connectivity index (χ0v) is 8.70. The zero-order chi connectivity index (χ0) is 8.43. The summed E-state index contributed by atoms with van der Waals surface area (Å²) in [4.78, 5) is 0. The van der Waals surface area contributed by atoms with Crippen LogP contribution in [0.1, 0.15) is 27.7 Å². The molecule has 0 aliphatic carbocycles. The van der Waals surface area contributed by atoms with Gasteiger partial charge in [-0.2, -0.15) is 0 Å². The van der Waals surface area contributed by atoms with Gasteiger partial charge in [0.15, 0.2) is 0 Å². The monoisotopic (exact) mass is 168 g/mol. The van der Waals surface area contributed by atoms with Crippen molar-refractivity contribution in [3.8, 4) is 0 Å². The van der Waals surface area contributed by atoms with Crippen LogP contribution in [0.5, 0.6) is 0 Å². The Morgan fingerprint density at radius 1 is 0.909 bits per heavy atom. The Hall–Kier alpha value is -0.443. The van der Waals surface area contributed by atoms with E-state index in [0.717, 1.165) is 9.84 Å². The van der Waals surface area contributed by atoms with E-state index in [1.165, 1.54) is 0 Å².